The second kappa shape index (κ2) is 7.36. The second-order valence-corrected chi connectivity index (χ2v) is 5.91. The van der Waals surface area contributed by atoms with Gasteiger partial charge >= 0.3 is 5.97 Å². The van der Waals surface area contributed by atoms with Crippen LogP contribution in [0.1, 0.15) is 12.8 Å². The number of benzene rings is 1. The number of hydrazone groups is 1. The Morgan fingerprint density at radius 1 is 1.16 bits per heavy atom. The first-order valence-electron chi connectivity index (χ1n) is 7.96. The number of nitrogens with zero attached hydrogens (tertiary/aromatic N) is 2. The zero-order valence-corrected chi connectivity index (χ0v) is 13.3. The molecule has 2 aliphatic heterocycles. The van der Waals surface area contributed by atoms with E-state index in [0.717, 1.165) is 12.1 Å². The van der Waals surface area contributed by atoms with Crippen LogP contribution in [0.15, 0.2) is 35.4 Å². The largest absolute Gasteiger partial charge is 0.479 e. The molecule has 2 aliphatic rings. The molecule has 0 amide bonds. The highest BCUT2D eigenvalue weighted by molar-refractivity contribution is 5.78. The molecule has 136 valence electrons. The Labute approximate surface area is 143 Å². The molecule has 9 nitrogen and oxygen atoms in total. The summed E-state index contributed by atoms with van der Waals surface area (Å²) in [6.07, 6.45) is -6.96. The van der Waals surface area contributed by atoms with Gasteiger partial charge in [-0.2, -0.15) is 0 Å². The van der Waals surface area contributed by atoms with Crippen LogP contribution in [0.3, 0.4) is 0 Å². The van der Waals surface area contributed by atoms with Gasteiger partial charge in [0.2, 0.25) is 12.2 Å². The molecule has 0 spiro atoms. The monoisotopic (exact) mass is 352 g/mol. The predicted octanol–water partition coefficient (Wildman–Crippen LogP) is -0.491. The number of carboxylic acid groups (broad SMARTS) is 1. The lowest BCUT2D eigenvalue weighted by atomic mass is 9.99. The van der Waals surface area contributed by atoms with Crippen LogP contribution >= 0.6 is 0 Å². The van der Waals surface area contributed by atoms with Crippen LogP contribution in [0.5, 0.6) is 0 Å². The van der Waals surface area contributed by atoms with Crippen LogP contribution in [-0.4, -0.2) is 69.5 Å². The average Bonchev–Trinajstić information content (AvgIpc) is 2.63. The lowest BCUT2D eigenvalue weighted by molar-refractivity contribution is -0.275. The van der Waals surface area contributed by atoms with Crippen molar-refractivity contribution in [2.24, 2.45) is 5.10 Å². The van der Waals surface area contributed by atoms with Crippen molar-refractivity contribution in [1.29, 1.82) is 0 Å². The minimum absolute atomic E-state index is 0.256. The number of hydrogen-bond donors (Lipinski definition) is 4. The van der Waals surface area contributed by atoms with Crippen molar-refractivity contribution >= 4 is 17.6 Å². The first-order valence-corrected chi connectivity index (χ1v) is 7.96. The molecule has 4 N–H and O–H groups in total. The van der Waals surface area contributed by atoms with Gasteiger partial charge in [-0.25, -0.2) is 4.79 Å². The fourth-order valence-corrected chi connectivity index (χ4v) is 2.77. The number of ether oxygens (including phenoxy) is 2. The Bertz CT molecular complexity index is 639. The quantitative estimate of drug-likeness (QED) is 0.573. The van der Waals surface area contributed by atoms with Gasteiger partial charge < -0.3 is 29.9 Å². The van der Waals surface area contributed by atoms with Crippen LogP contribution in [0.2, 0.25) is 0 Å². The highest BCUT2D eigenvalue weighted by atomic mass is 16.7. The molecular formula is C16H20N2O7. The molecule has 0 aliphatic carbocycles. The number of aliphatic carboxylic acids is 1. The van der Waals surface area contributed by atoms with Gasteiger partial charge in [-0.1, -0.05) is 18.2 Å². The number of rotatable bonds is 3. The van der Waals surface area contributed by atoms with Gasteiger partial charge in [0.05, 0.1) is 5.69 Å². The maximum atomic E-state index is 11.1. The SMILES string of the molecule is O=C(O)[C@H]1O[C@@H](OC2=NN(c3ccccc3)CCC2)[C@H](O)[C@@H](O)[C@@H]1O. The van der Waals surface area contributed by atoms with E-state index in [1.165, 1.54) is 0 Å². The molecule has 2 heterocycles. The first kappa shape index (κ1) is 17.6. The van der Waals surface area contributed by atoms with E-state index in [4.69, 9.17) is 14.6 Å². The molecule has 1 aromatic rings. The minimum atomic E-state index is -1.75. The summed E-state index contributed by atoms with van der Waals surface area (Å²) in [6.45, 7) is 0.685. The van der Waals surface area contributed by atoms with Crippen molar-refractivity contribution in [1.82, 2.24) is 0 Å². The lowest BCUT2D eigenvalue weighted by Gasteiger charge is -2.39. The summed E-state index contributed by atoms with van der Waals surface area (Å²) in [6, 6.07) is 9.42. The van der Waals surface area contributed by atoms with Gasteiger partial charge in [0.15, 0.2) is 6.10 Å². The number of aliphatic hydroxyl groups excluding tert-OH is 3. The van der Waals surface area contributed by atoms with Gasteiger partial charge in [0.1, 0.15) is 18.3 Å². The van der Waals surface area contributed by atoms with E-state index in [2.05, 4.69) is 5.10 Å². The molecule has 0 unspecified atom stereocenters. The van der Waals surface area contributed by atoms with E-state index in [-0.39, 0.29) is 5.90 Å². The Kier molecular flexibility index (Phi) is 5.19. The van der Waals surface area contributed by atoms with Gasteiger partial charge in [-0.3, -0.25) is 5.01 Å². The van der Waals surface area contributed by atoms with Crippen molar-refractivity contribution in [2.45, 2.75) is 43.5 Å². The number of carboxylic acids is 1. The molecular weight excluding hydrogens is 332 g/mol. The van der Waals surface area contributed by atoms with E-state index < -0.39 is 36.7 Å². The number of aliphatic hydroxyl groups is 3. The summed E-state index contributed by atoms with van der Waals surface area (Å²) in [7, 11) is 0. The van der Waals surface area contributed by atoms with Gasteiger partial charge in [-0.05, 0) is 18.6 Å². The third-order valence-corrected chi connectivity index (χ3v) is 4.11. The number of hydrogen-bond acceptors (Lipinski definition) is 8. The standard InChI is InChI=1S/C16H20N2O7/c19-11-12(20)14(15(22)23)25-16(13(11)21)24-10-7-4-8-18(17-10)9-5-2-1-3-6-9/h1-3,5-6,11-14,16,19-21H,4,7-8H2,(H,22,23)/t11-,12-,13+,14-,16+/m0/s1. The van der Waals surface area contributed by atoms with E-state index >= 15 is 0 Å². The molecule has 1 fully saturated rings. The van der Waals surface area contributed by atoms with E-state index in [1.54, 1.807) is 5.01 Å². The molecule has 0 saturated carbocycles. The summed E-state index contributed by atoms with van der Waals surface area (Å²) in [4.78, 5) is 11.1. The van der Waals surface area contributed by atoms with Gasteiger partial charge in [0.25, 0.3) is 0 Å². The third kappa shape index (κ3) is 3.74. The predicted molar refractivity (Wildman–Crippen MR) is 85.9 cm³/mol. The molecule has 3 rings (SSSR count). The van der Waals surface area contributed by atoms with Crippen LogP contribution in [0.4, 0.5) is 5.69 Å². The molecule has 5 atom stereocenters. The van der Waals surface area contributed by atoms with E-state index in [0.29, 0.717) is 13.0 Å². The molecule has 25 heavy (non-hydrogen) atoms. The second-order valence-electron chi connectivity index (χ2n) is 5.91. The molecule has 0 aromatic heterocycles. The molecule has 1 saturated heterocycles. The van der Waals surface area contributed by atoms with Crippen molar-refractivity contribution in [2.75, 3.05) is 11.6 Å². The zero-order valence-electron chi connectivity index (χ0n) is 13.3. The Morgan fingerprint density at radius 3 is 2.56 bits per heavy atom. The molecule has 0 radical (unpaired) electrons. The van der Waals surface area contributed by atoms with Crippen LogP contribution in [0.25, 0.3) is 0 Å². The molecule has 1 aromatic carbocycles. The van der Waals surface area contributed by atoms with Crippen molar-refractivity contribution < 1.29 is 34.7 Å². The zero-order chi connectivity index (χ0) is 18.0. The fourth-order valence-electron chi connectivity index (χ4n) is 2.77. The molecule has 9 heteroatoms. The van der Waals surface area contributed by atoms with Crippen molar-refractivity contribution in [3.63, 3.8) is 0 Å². The van der Waals surface area contributed by atoms with E-state index in [1.807, 2.05) is 30.3 Å². The molecule has 0 bridgehead atoms. The summed E-state index contributed by atoms with van der Waals surface area (Å²) >= 11 is 0. The topological polar surface area (TPSA) is 132 Å². The highest BCUT2D eigenvalue weighted by Crippen LogP contribution is 2.25. The number of carbonyl (C=O) groups is 1. The number of para-hydroxylation sites is 1. The smallest absolute Gasteiger partial charge is 0.335 e. The van der Waals surface area contributed by atoms with Crippen LogP contribution < -0.4 is 5.01 Å². The number of anilines is 1. The summed E-state index contributed by atoms with van der Waals surface area (Å²) in [5.74, 6) is -1.20. The van der Waals surface area contributed by atoms with Crippen LogP contribution in [-0.2, 0) is 14.3 Å². The fraction of sp³-hybridized carbons (Fsp3) is 0.500. The third-order valence-electron chi connectivity index (χ3n) is 4.11. The lowest BCUT2D eigenvalue weighted by Crippen LogP contribution is -2.60. The first-order chi connectivity index (χ1) is 12.0. The van der Waals surface area contributed by atoms with Crippen molar-refractivity contribution in [3.8, 4) is 0 Å². The Hall–Kier alpha value is -2.20. The minimum Gasteiger partial charge on any atom is -0.479 e. The Balaban J connectivity index is 1.74. The van der Waals surface area contributed by atoms with Crippen molar-refractivity contribution in [3.05, 3.63) is 30.3 Å². The average molecular weight is 352 g/mol. The van der Waals surface area contributed by atoms with Gasteiger partial charge in [0, 0.05) is 13.0 Å². The summed E-state index contributed by atoms with van der Waals surface area (Å²) in [5, 5.41) is 44.6. The maximum absolute atomic E-state index is 11.1. The highest BCUT2D eigenvalue weighted by Gasteiger charge is 2.48. The van der Waals surface area contributed by atoms with E-state index in [9.17, 15) is 20.1 Å². The summed E-state index contributed by atoms with van der Waals surface area (Å²) in [5.41, 5.74) is 0.868. The Morgan fingerprint density at radius 2 is 1.88 bits per heavy atom. The maximum Gasteiger partial charge on any atom is 0.335 e. The van der Waals surface area contributed by atoms with Gasteiger partial charge in [-0.15, -0.1) is 5.10 Å². The van der Waals surface area contributed by atoms with Crippen LogP contribution in [0, 0.1) is 0 Å². The normalized spacial score (nSPS) is 32.8. The summed E-state index contributed by atoms with van der Waals surface area (Å²) < 4.78 is 10.6.